The Morgan fingerprint density at radius 3 is 3.06 bits per heavy atom. The Kier molecular flexibility index (Phi) is 2.45. The van der Waals surface area contributed by atoms with Gasteiger partial charge in [-0.25, -0.2) is 4.98 Å². The van der Waals surface area contributed by atoms with Crippen LogP contribution < -0.4 is 10.5 Å². The number of ether oxygens (including phenoxy) is 1. The second-order valence-electron chi connectivity index (χ2n) is 4.27. The van der Waals surface area contributed by atoms with Crippen LogP contribution in [0.25, 0.3) is 11.0 Å². The van der Waals surface area contributed by atoms with Crippen molar-refractivity contribution in [2.45, 2.75) is 31.6 Å². The largest absolute Gasteiger partial charge is 0.470 e. The summed E-state index contributed by atoms with van der Waals surface area (Å²) in [6, 6.07) is 1.91. The van der Waals surface area contributed by atoms with Crippen LogP contribution in [-0.4, -0.2) is 32.5 Å². The van der Waals surface area contributed by atoms with Gasteiger partial charge in [-0.1, -0.05) is 0 Å². The quantitative estimate of drug-likeness (QED) is 0.710. The van der Waals surface area contributed by atoms with Crippen molar-refractivity contribution in [2.24, 2.45) is 5.73 Å². The predicted octanol–water partition coefficient (Wildman–Crippen LogP) is 0.319. The molecule has 4 N–H and O–H groups in total. The molecule has 2 heterocycles. The molecule has 6 nitrogen and oxygen atoms in total. The maximum Gasteiger partial charge on any atom is 0.242 e. The fourth-order valence-electron chi connectivity index (χ4n) is 1.86. The van der Waals surface area contributed by atoms with Crippen LogP contribution in [0, 0.1) is 0 Å². The van der Waals surface area contributed by atoms with Gasteiger partial charge in [0.1, 0.15) is 6.10 Å². The summed E-state index contributed by atoms with van der Waals surface area (Å²) in [6.07, 6.45) is 2.83. The van der Waals surface area contributed by atoms with Gasteiger partial charge in [0.05, 0.1) is 11.5 Å². The molecule has 2 aromatic rings. The van der Waals surface area contributed by atoms with Gasteiger partial charge < -0.3 is 15.6 Å². The third-order valence-corrected chi connectivity index (χ3v) is 3.11. The van der Waals surface area contributed by atoms with Crippen LogP contribution >= 0.6 is 0 Å². The van der Waals surface area contributed by atoms with E-state index in [1.807, 2.05) is 6.07 Å². The molecule has 2 atom stereocenters. The zero-order valence-electron chi connectivity index (χ0n) is 9.26. The van der Waals surface area contributed by atoms with Crippen molar-refractivity contribution in [3.8, 4) is 5.88 Å². The van der Waals surface area contributed by atoms with Gasteiger partial charge in [0, 0.05) is 12.7 Å². The minimum absolute atomic E-state index is 0.150. The maximum atomic E-state index is 9.48. The number of hydrogen-bond acceptors (Lipinski definition) is 5. The molecule has 1 aliphatic rings. The molecule has 0 aromatic carbocycles. The van der Waals surface area contributed by atoms with Crippen molar-refractivity contribution in [2.75, 3.05) is 0 Å². The van der Waals surface area contributed by atoms with Crippen molar-refractivity contribution >= 4 is 11.0 Å². The van der Waals surface area contributed by atoms with Crippen LogP contribution in [0.15, 0.2) is 12.3 Å². The van der Waals surface area contributed by atoms with E-state index in [-0.39, 0.29) is 12.2 Å². The molecule has 0 spiro atoms. The number of rotatable bonds is 3. The number of nitrogens with one attached hydrogen (secondary N) is 1. The van der Waals surface area contributed by atoms with E-state index in [4.69, 9.17) is 10.5 Å². The fraction of sp³-hybridized carbons (Fsp3) is 0.455. The van der Waals surface area contributed by atoms with Crippen molar-refractivity contribution < 1.29 is 9.84 Å². The zero-order chi connectivity index (χ0) is 11.8. The fourth-order valence-corrected chi connectivity index (χ4v) is 1.86. The van der Waals surface area contributed by atoms with Gasteiger partial charge in [0.15, 0.2) is 5.65 Å². The van der Waals surface area contributed by atoms with E-state index in [2.05, 4.69) is 15.2 Å². The Labute approximate surface area is 97.8 Å². The molecule has 3 rings (SSSR count). The molecular formula is C11H14N4O2. The molecule has 17 heavy (non-hydrogen) atoms. The van der Waals surface area contributed by atoms with Gasteiger partial charge >= 0.3 is 0 Å². The van der Waals surface area contributed by atoms with Crippen molar-refractivity contribution in [1.29, 1.82) is 0 Å². The van der Waals surface area contributed by atoms with Crippen molar-refractivity contribution in [1.82, 2.24) is 15.2 Å². The first-order valence-corrected chi connectivity index (χ1v) is 5.65. The first kappa shape index (κ1) is 10.5. The molecule has 90 valence electrons. The third kappa shape index (κ3) is 1.75. The third-order valence-electron chi connectivity index (χ3n) is 3.11. The summed E-state index contributed by atoms with van der Waals surface area (Å²) in [6.45, 7) is 0.430. The molecule has 2 aromatic heterocycles. The summed E-state index contributed by atoms with van der Waals surface area (Å²) in [5, 5.41) is 17.2. The molecule has 1 aliphatic carbocycles. The number of aliphatic hydroxyl groups excluding tert-OH is 1. The molecule has 0 aliphatic heterocycles. The average Bonchev–Trinajstić information content (AvgIpc) is 2.76. The summed E-state index contributed by atoms with van der Waals surface area (Å²) in [5.74, 6) is 0.492. The van der Waals surface area contributed by atoms with Crippen molar-refractivity contribution in [3.05, 3.63) is 17.8 Å². The number of aliphatic hydroxyl groups is 1. The number of fused-ring (bicyclic) bond motifs is 1. The second kappa shape index (κ2) is 3.97. The monoisotopic (exact) mass is 234 g/mol. The first-order chi connectivity index (χ1) is 8.28. The molecular weight excluding hydrogens is 220 g/mol. The highest BCUT2D eigenvalue weighted by atomic mass is 16.5. The smallest absolute Gasteiger partial charge is 0.242 e. The highest BCUT2D eigenvalue weighted by molar-refractivity contribution is 5.81. The van der Waals surface area contributed by atoms with Gasteiger partial charge in [-0.05, 0) is 24.5 Å². The Balaban J connectivity index is 1.92. The minimum Gasteiger partial charge on any atom is -0.470 e. The van der Waals surface area contributed by atoms with Crippen LogP contribution in [0.5, 0.6) is 5.88 Å². The lowest BCUT2D eigenvalue weighted by Gasteiger charge is -2.31. The predicted molar refractivity (Wildman–Crippen MR) is 61.4 cm³/mol. The topological polar surface area (TPSA) is 97.1 Å². The molecule has 0 bridgehead atoms. The molecule has 0 saturated heterocycles. The highest BCUT2D eigenvalue weighted by Crippen LogP contribution is 2.29. The van der Waals surface area contributed by atoms with E-state index in [9.17, 15) is 5.11 Å². The Bertz CT molecular complexity index is 539. The molecule has 2 unspecified atom stereocenters. The summed E-state index contributed by atoms with van der Waals surface area (Å²) in [4.78, 5) is 4.20. The average molecular weight is 234 g/mol. The minimum atomic E-state index is -0.382. The number of pyridine rings is 1. The second-order valence-corrected chi connectivity index (χ2v) is 4.27. The van der Waals surface area contributed by atoms with Crippen molar-refractivity contribution in [3.63, 3.8) is 0 Å². The number of nitrogens with zero attached hydrogens (tertiary/aromatic N) is 2. The van der Waals surface area contributed by atoms with Gasteiger partial charge in [-0.2, -0.15) is 0 Å². The van der Waals surface area contributed by atoms with Crippen LogP contribution in [0.1, 0.15) is 18.4 Å². The number of nitrogens with two attached hydrogens (primary N) is 1. The summed E-state index contributed by atoms with van der Waals surface area (Å²) < 4.78 is 5.64. The van der Waals surface area contributed by atoms with Gasteiger partial charge in [0.2, 0.25) is 5.88 Å². The van der Waals surface area contributed by atoms with E-state index in [1.54, 1.807) is 6.20 Å². The molecule has 0 radical (unpaired) electrons. The SMILES string of the molecule is NCc1cnc2[nH]nc(OC3CCC3O)c2c1. The Morgan fingerprint density at radius 1 is 1.53 bits per heavy atom. The normalized spacial score (nSPS) is 23.6. The number of aromatic nitrogens is 3. The lowest BCUT2D eigenvalue weighted by atomic mass is 9.92. The summed E-state index contributed by atoms with van der Waals surface area (Å²) in [5.41, 5.74) is 7.17. The molecule has 1 fully saturated rings. The van der Waals surface area contributed by atoms with E-state index in [0.717, 1.165) is 23.8 Å². The number of aromatic amines is 1. The first-order valence-electron chi connectivity index (χ1n) is 5.65. The highest BCUT2D eigenvalue weighted by Gasteiger charge is 2.31. The lowest BCUT2D eigenvalue weighted by molar-refractivity contribution is -0.0375. The van der Waals surface area contributed by atoms with E-state index in [0.29, 0.717) is 18.1 Å². The molecule has 0 amide bonds. The van der Waals surface area contributed by atoms with E-state index >= 15 is 0 Å². The van der Waals surface area contributed by atoms with E-state index in [1.165, 1.54) is 0 Å². The number of H-pyrrole nitrogens is 1. The maximum absolute atomic E-state index is 9.48. The zero-order valence-corrected chi connectivity index (χ0v) is 9.26. The standard InChI is InChI=1S/C11H14N4O2/c12-4-6-3-7-10(13-5-6)14-15-11(7)17-9-2-1-8(9)16/h3,5,8-9,16H,1-2,4,12H2,(H,13,14,15). The summed E-state index contributed by atoms with van der Waals surface area (Å²) in [7, 11) is 0. The van der Waals surface area contributed by atoms with Gasteiger partial charge in [-0.3, -0.25) is 5.10 Å². The number of hydrogen-bond donors (Lipinski definition) is 3. The van der Waals surface area contributed by atoms with Gasteiger partial charge in [-0.15, -0.1) is 5.10 Å². The van der Waals surface area contributed by atoms with Crippen LogP contribution in [-0.2, 0) is 6.54 Å². The van der Waals surface area contributed by atoms with Crippen LogP contribution in [0.3, 0.4) is 0 Å². The molecule has 1 saturated carbocycles. The van der Waals surface area contributed by atoms with Crippen LogP contribution in [0.4, 0.5) is 0 Å². The molecule has 6 heteroatoms. The van der Waals surface area contributed by atoms with Crippen LogP contribution in [0.2, 0.25) is 0 Å². The van der Waals surface area contributed by atoms with Gasteiger partial charge in [0.25, 0.3) is 0 Å². The van der Waals surface area contributed by atoms with E-state index < -0.39 is 0 Å². The Morgan fingerprint density at radius 2 is 2.41 bits per heavy atom. The summed E-state index contributed by atoms with van der Waals surface area (Å²) >= 11 is 0. The lowest BCUT2D eigenvalue weighted by Crippen LogP contribution is -2.41. The Hall–Kier alpha value is -1.66.